The Morgan fingerprint density at radius 3 is 3.00 bits per heavy atom. The minimum Gasteiger partial charge on any atom is -0.379 e. The second kappa shape index (κ2) is 9.04. The first-order valence-electron chi connectivity index (χ1n) is 9.24. The van der Waals surface area contributed by atoms with E-state index in [-0.39, 0.29) is 0 Å². The number of guanidine groups is 1. The Kier molecular flexibility index (Phi) is 6.49. The Morgan fingerprint density at radius 2 is 2.12 bits per heavy atom. The summed E-state index contributed by atoms with van der Waals surface area (Å²) < 4.78 is 5.36. The molecule has 1 aliphatic heterocycles. The van der Waals surface area contributed by atoms with Gasteiger partial charge in [0.25, 0.3) is 0 Å². The van der Waals surface area contributed by atoms with Crippen molar-refractivity contribution in [3.05, 3.63) is 35.4 Å². The highest BCUT2D eigenvalue weighted by Crippen LogP contribution is 2.31. The highest BCUT2D eigenvalue weighted by Gasteiger charge is 2.19. The summed E-state index contributed by atoms with van der Waals surface area (Å²) in [6.45, 7) is 6.59. The van der Waals surface area contributed by atoms with Gasteiger partial charge in [0, 0.05) is 32.1 Å². The van der Waals surface area contributed by atoms with E-state index in [1.165, 1.54) is 30.4 Å². The number of hydrogen-bond acceptors (Lipinski definition) is 3. The third kappa shape index (κ3) is 4.95. The third-order valence-electron chi connectivity index (χ3n) is 5.04. The van der Waals surface area contributed by atoms with Crippen LogP contribution < -0.4 is 11.1 Å². The SMILES string of the molecule is NC(=NCC1CCCc2ccccc21)NCCCN1CCOCC1. The number of aliphatic imine (C=N–C) groups is 1. The van der Waals surface area contributed by atoms with Crippen LogP contribution in [0.5, 0.6) is 0 Å². The second-order valence-electron chi connectivity index (χ2n) is 6.75. The molecule has 1 unspecified atom stereocenters. The lowest BCUT2D eigenvalue weighted by molar-refractivity contribution is 0.0376. The quantitative estimate of drug-likeness (QED) is 0.474. The van der Waals surface area contributed by atoms with Gasteiger partial charge in [0.1, 0.15) is 0 Å². The minimum absolute atomic E-state index is 0.517. The monoisotopic (exact) mass is 330 g/mol. The molecule has 5 heteroatoms. The minimum atomic E-state index is 0.517. The summed E-state index contributed by atoms with van der Waals surface area (Å²) in [4.78, 5) is 7.02. The van der Waals surface area contributed by atoms with E-state index in [0.29, 0.717) is 11.9 Å². The maximum absolute atomic E-state index is 6.04. The van der Waals surface area contributed by atoms with E-state index in [1.807, 2.05) is 0 Å². The lowest BCUT2D eigenvalue weighted by Gasteiger charge is -2.26. The van der Waals surface area contributed by atoms with Gasteiger partial charge in [-0.1, -0.05) is 24.3 Å². The number of nitrogens with zero attached hydrogens (tertiary/aromatic N) is 2. The summed E-state index contributed by atoms with van der Waals surface area (Å²) in [6, 6.07) is 8.77. The van der Waals surface area contributed by atoms with Gasteiger partial charge in [-0.25, -0.2) is 0 Å². The zero-order valence-electron chi connectivity index (χ0n) is 14.5. The van der Waals surface area contributed by atoms with Gasteiger partial charge in [-0.2, -0.15) is 0 Å². The zero-order valence-corrected chi connectivity index (χ0v) is 14.5. The first-order valence-corrected chi connectivity index (χ1v) is 9.24. The van der Waals surface area contributed by atoms with Crippen LogP contribution in [0.1, 0.15) is 36.3 Å². The molecule has 3 rings (SSSR count). The van der Waals surface area contributed by atoms with Crippen LogP contribution in [0.25, 0.3) is 0 Å². The molecule has 5 nitrogen and oxygen atoms in total. The van der Waals surface area contributed by atoms with Crippen LogP contribution in [0.4, 0.5) is 0 Å². The number of nitrogens with two attached hydrogens (primary N) is 1. The normalized spacial score (nSPS) is 22.2. The van der Waals surface area contributed by atoms with E-state index < -0.39 is 0 Å². The Hall–Kier alpha value is -1.59. The van der Waals surface area contributed by atoms with Crippen LogP contribution in [0, 0.1) is 0 Å². The van der Waals surface area contributed by atoms with Crippen LogP contribution in [0.3, 0.4) is 0 Å². The van der Waals surface area contributed by atoms with Gasteiger partial charge in [-0.3, -0.25) is 9.89 Å². The van der Waals surface area contributed by atoms with Crippen molar-refractivity contribution in [3.8, 4) is 0 Å². The summed E-state index contributed by atoms with van der Waals surface area (Å²) in [6.07, 6.45) is 4.75. The van der Waals surface area contributed by atoms with Crippen LogP contribution in [0.2, 0.25) is 0 Å². The standard InChI is InChI=1S/C19H30N4O/c20-19(21-9-4-10-23-11-13-24-14-12-23)22-15-17-7-3-6-16-5-1-2-8-18(16)17/h1-2,5,8,17H,3-4,6-7,9-15H2,(H3,20,21,22). The van der Waals surface area contributed by atoms with Crippen LogP contribution >= 0.6 is 0 Å². The number of rotatable bonds is 6. The highest BCUT2D eigenvalue weighted by atomic mass is 16.5. The molecule has 0 aromatic heterocycles. The first-order chi connectivity index (χ1) is 11.8. The molecule has 0 radical (unpaired) electrons. The molecular formula is C19H30N4O. The van der Waals surface area contributed by atoms with Gasteiger partial charge in [0.05, 0.1) is 13.2 Å². The molecule has 3 N–H and O–H groups in total. The largest absolute Gasteiger partial charge is 0.379 e. The number of nitrogens with one attached hydrogen (secondary N) is 1. The van der Waals surface area contributed by atoms with Crippen molar-refractivity contribution in [2.75, 3.05) is 45.9 Å². The lowest BCUT2D eigenvalue weighted by atomic mass is 9.83. The fourth-order valence-electron chi connectivity index (χ4n) is 3.65. The van der Waals surface area contributed by atoms with Crippen LogP contribution in [0.15, 0.2) is 29.3 Å². The number of benzene rings is 1. The molecule has 1 atom stereocenters. The maximum Gasteiger partial charge on any atom is 0.188 e. The first kappa shape index (κ1) is 17.2. The van der Waals surface area contributed by atoms with E-state index in [2.05, 4.69) is 39.5 Å². The molecule has 0 amide bonds. The zero-order chi connectivity index (χ0) is 16.6. The Morgan fingerprint density at radius 1 is 1.29 bits per heavy atom. The molecule has 2 aliphatic rings. The molecule has 0 saturated carbocycles. The van der Waals surface area contributed by atoms with E-state index in [9.17, 15) is 0 Å². The van der Waals surface area contributed by atoms with Gasteiger partial charge in [0.15, 0.2) is 5.96 Å². The van der Waals surface area contributed by atoms with Crippen molar-refractivity contribution in [2.45, 2.75) is 31.6 Å². The summed E-state index contributed by atoms with van der Waals surface area (Å²) in [5.41, 5.74) is 8.99. The van der Waals surface area contributed by atoms with Crippen molar-refractivity contribution < 1.29 is 4.74 Å². The smallest absolute Gasteiger partial charge is 0.188 e. The van der Waals surface area contributed by atoms with Crippen LogP contribution in [-0.4, -0.2) is 56.8 Å². The summed E-state index contributed by atoms with van der Waals surface area (Å²) in [5, 5.41) is 3.26. The van der Waals surface area contributed by atoms with Gasteiger partial charge in [0.2, 0.25) is 0 Å². The summed E-state index contributed by atoms with van der Waals surface area (Å²) >= 11 is 0. The average molecular weight is 330 g/mol. The van der Waals surface area contributed by atoms with Crippen molar-refractivity contribution >= 4 is 5.96 Å². The number of ether oxygens (including phenoxy) is 1. The van der Waals surface area contributed by atoms with Gasteiger partial charge in [-0.05, 0) is 43.4 Å². The van der Waals surface area contributed by atoms with Gasteiger partial charge < -0.3 is 15.8 Å². The molecular weight excluding hydrogens is 300 g/mol. The molecule has 0 spiro atoms. The van der Waals surface area contributed by atoms with Gasteiger partial charge in [-0.15, -0.1) is 0 Å². The van der Waals surface area contributed by atoms with Gasteiger partial charge >= 0.3 is 0 Å². The summed E-state index contributed by atoms with van der Waals surface area (Å²) in [7, 11) is 0. The molecule has 1 aromatic rings. The molecule has 1 aromatic carbocycles. The third-order valence-corrected chi connectivity index (χ3v) is 5.04. The Labute approximate surface area is 145 Å². The van der Waals surface area contributed by atoms with Crippen molar-refractivity contribution in [1.29, 1.82) is 0 Å². The van der Waals surface area contributed by atoms with E-state index in [1.54, 1.807) is 0 Å². The summed E-state index contributed by atoms with van der Waals surface area (Å²) in [5.74, 6) is 1.10. The maximum atomic E-state index is 6.04. The molecule has 1 saturated heterocycles. The molecule has 1 heterocycles. The second-order valence-corrected chi connectivity index (χ2v) is 6.75. The predicted octanol–water partition coefficient (Wildman–Crippen LogP) is 1.73. The number of hydrogen-bond donors (Lipinski definition) is 2. The Balaban J connectivity index is 1.39. The molecule has 1 aliphatic carbocycles. The topological polar surface area (TPSA) is 62.9 Å². The number of aryl methyl sites for hydroxylation is 1. The molecule has 132 valence electrons. The molecule has 1 fully saturated rings. The Bertz CT molecular complexity index is 540. The fraction of sp³-hybridized carbons (Fsp3) is 0.632. The number of fused-ring (bicyclic) bond motifs is 1. The molecule has 0 bridgehead atoms. The van der Waals surface area contributed by atoms with Crippen molar-refractivity contribution in [2.24, 2.45) is 10.7 Å². The highest BCUT2D eigenvalue weighted by molar-refractivity contribution is 5.77. The predicted molar refractivity (Wildman–Crippen MR) is 98.5 cm³/mol. The van der Waals surface area contributed by atoms with Crippen molar-refractivity contribution in [1.82, 2.24) is 10.2 Å². The average Bonchev–Trinajstić information content (AvgIpc) is 2.64. The number of morpholine rings is 1. The van der Waals surface area contributed by atoms with E-state index in [4.69, 9.17) is 10.5 Å². The van der Waals surface area contributed by atoms with Crippen molar-refractivity contribution in [3.63, 3.8) is 0 Å². The molecule has 24 heavy (non-hydrogen) atoms. The van der Waals surface area contributed by atoms with Crippen LogP contribution in [-0.2, 0) is 11.2 Å². The van der Waals surface area contributed by atoms with E-state index in [0.717, 1.165) is 52.4 Å². The fourth-order valence-corrected chi connectivity index (χ4v) is 3.65. The van der Waals surface area contributed by atoms with E-state index >= 15 is 0 Å². The lowest BCUT2D eigenvalue weighted by Crippen LogP contribution is -2.39.